The number of carbonyl (C=O) groups is 2. The molecule has 2 amide bonds. The molecule has 1 aliphatic rings. The standard InChI is InChI=1S/C26H25N3O4S/c1-32-22-12-13-23(33-2)21(14-22)15-27-28-25(31)19-8-10-20(11-9-19)26-29(24(30)17-34-26)16-18-6-4-3-5-7-18/h3-15,26H,16-17H2,1-2H3,(H,28,31)/b27-15-/t26-/m1/s1. The van der Waals surface area contributed by atoms with E-state index < -0.39 is 0 Å². The smallest absolute Gasteiger partial charge is 0.271 e. The van der Waals surface area contributed by atoms with Crippen LogP contribution in [0.3, 0.4) is 0 Å². The third-order valence-corrected chi connectivity index (χ3v) is 6.68. The van der Waals surface area contributed by atoms with Crippen LogP contribution < -0.4 is 14.9 Å². The minimum absolute atomic E-state index is 0.0802. The predicted octanol–water partition coefficient (Wildman–Crippen LogP) is 4.24. The molecule has 1 saturated heterocycles. The van der Waals surface area contributed by atoms with Gasteiger partial charge in [-0.05, 0) is 41.5 Å². The van der Waals surface area contributed by atoms with Crippen molar-refractivity contribution in [2.45, 2.75) is 11.9 Å². The van der Waals surface area contributed by atoms with Crippen molar-refractivity contribution < 1.29 is 19.1 Å². The summed E-state index contributed by atoms with van der Waals surface area (Å²) < 4.78 is 10.5. The Labute approximate surface area is 202 Å². The summed E-state index contributed by atoms with van der Waals surface area (Å²) >= 11 is 1.59. The third-order valence-electron chi connectivity index (χ3n) is 5.43. The molecule has 8 heteroatoms. The average molecular weight is 476 g/mol. The zero-order valence-corrected chi connectivity index (χ0v) is 19.7. The fourth-order valence-corrected chi connectivity index (χ4v) is 4.83. The van der Waals surface area contributed by atoms with Gasteiger partial charge in [0.25, 0.3) is 5.91 Å². The van der Waals surface area contributed by atoms with Gasteiger partial charge in [0.2, 0.25) is 5.91 Å². The molecule has 7 nitrogen and oxygen atoms in total. The van der Waals surface area contributed by atoms with Crippen LogP contribution in [0.1, 0.15) is 32.4 Å². The van der Waals surface area contributed by atoms with Gasteiger partial charge in [-0.2, -0.15) is 5.10 Å². The Morgan fingerprint density at radius 3 is 2.56 bits per heavy atom. The Balaban J connectivity index is 1.41. The van der Waals surface area contributed by atoms with Gasteiger partial charge < -0.3 is 14.4 Å². The van der Waals surface area contributed by atoms with Crippen molar-refractivity contribution in [2.24, 2.45) is 5.10 Å². The van der Waals surface area contributed by atoms with Crippen molar-refractivity contribution in [3.8, 4) is 11.5 Å². The quantitative estimate of drug-likeness (QED) is 0.389. The van der Waals surface area contributed by atoms with Gasteiger partial charge in [0.15, 0.2) is 0 Å². The molecule has 3 aromatic rings. The van der Waals surface area contributed by atoms with E-state index in [-0.39, 0.29) is 17.2 Å². The Morgan fingerprint density at radius 1 is 1.09 bits per heavy atom. The zero-order valence-electron chi connectivity index (χ0n) is 18.9. The highest BCUT2D eigenvalue weighted by molar-refractivity contribution is 8.00. The van der Waals surface area contributed by atoms with E-state index in [1.165, 1.54) is 6.21 Å². The fourth-order valence-electron chi connectivity index (χ4n) is 3.65. The van der Waals surface area contributed by atoms with E-state index in [2.05, 4.69) is 10.5 Å². The second-order valence-corrected chi connectivity index (χ2v) is 8.67. The largest absolute Gasteiger partial charge is 0.497 e. The van der Waals surface area contributed by atoms with E-state index in [1.807, 2.05) is 47.4 Å². The van der Waals surface area contributed by atoms with Crippen molar-refractivity contribution in [3.63, 3.8) is 0 Å². The van der Waals surface area contributed by atoms with Crippen LogP contribution in [0, 0.1) is 0 Å². The Bertz CT molecular complexity index is 1180. The normalized spacial score (nSPS) is 15.5. The van der Waals surface area contributed by atoms with Gasteiger partial charge in [-0.15, -0.1) is 11.8 Å². The molecule has 1 aliphatic heterocycles. The number of benzene rings is 3. The molecule has 3 aromatic carbocycles. The van der Waals surface area contributed by atoms with Crippen LogP contribution in [-0.2, 0) is 11.3 Å². The van der Waals surface area contributed by atoms with E-state index in [4.69, 9.17) is 9.47 Å². The van der Waals surface area contributed by atoms with Crippen LogP contribution in [0.5, 0.6) is 11.5 Å². The number of thioether (sulfide) groups is 1. The van der Waals surface area contributed by atoms with E-state index in [1.54, 1.807) is 56.3 Å². The molecule has 0 spiro atoms. The molecule has 0 aromatic heterocycles. The highest BCUT2D eigenvalue weighted by Gasteiger charge is 2.32. The van der Waals surface area contributed by atoms with Gasteiger partial charge >= 0.3 is 0 Å². The number of hydrogen-bond donors (Lipinski definition) is 1. The molecule has 0 unspecified atom stereocenters. The summed E-state index contributed by atoms with van der Waals surface area (Å²) in [5, 5.41) is 3.97. The lowest BCUT2D eigenvalue weighted by molar-refractivity contribution is -0.128. The molecule has 4 rings (SSSR count). The summed E-state index contributed by atoms with van der Waals surface area (Å²) in [6.07, 6.45) is 1.51. The summed E-state index contributed by atoms with van der Waals surface area (Å²) in [5.74, 6) is 1.51. The van der Waals surface area contributed by atoms with Gasteiger partial charge in [0, 0.05) is 17.7 Å². The maximum atomic E-state index is 12.6. The third kappa shape index (κ3) is 5.40. The van der Waals surface area contributed by atoms with Crippen molar-refractivity contribution in [3.05, 3.63) is 95.1 Å². The number of ether oxygens (including phenoxy) is 2. The number of nitrogens with one attached hydrogen (secondary N) is 1. The molecule has 0 aliphatic carbocycles. The highest BCUT2D eigenvalue weighted by atomic mass is 32.2. The van der Waals surface area contributed by atoms with Gasteiger partial charge in [-0.3, -0.25) is 9.59 Å². The van der Waals surface area contributed by atoms with E-state index in [0.717, 1.165) is 11.1 Å². The number of carbonyl (C=O) groups excluding carboxylic acids is 2. The molecule has 0 bridgehead atoms. The fraction of sp³-hybridized carbons (Fsp3) is 0.192. The van der Waals surface area contributed by atoms with Crippen LogP contribution in [0.25, 0.3) is 0 Å². The number of hydrogen-bond acceptors (Lipinski definition) is 6. The molecule has 1 N–H and O–H groups in total. The number of rotatable bonds is 8. The summed E-state index contributed by atoms with van der Waals surface area (Å²) in [6.45, 7) is 0.558. The average Bonchev–Trinajstić information content (AvgIpc) is 3.24. The Kier molecular flexibility index (Phi) is 7.49. The SMILES string of the molecule is COc1ccc(OC)c(/C=N\NC(=O)c2ccc([C@H]3SCC(=O)N3Cc3ccccc3)cc2)c1. The van der Waals surface area contributed by atoms with E-state index in [0.29, 0.717) is 34.9 Å². The van der Waals surface area contributed by atoms with Crippen molar-refractivity contribution in [1.82, 2.24) is 10.3 Å². The topological polar surface area (TPSA) is 80.2 Å². The summed E-state index contributed by atoms with van der Waals surface area (Å²) in [5.41, 5.74) is 5.76. The zero-order chi connectivity index (χ0) is 23.9. The lowest BCUT2D eigenvalue weighted by atomic mass is 10.1. The maximum absolute atomic E-state index is 12.6. The first kappa shape index (κ1) is 23.4. The number of amides is 2. The van der Waals surface area contributed by atoms with Crippen LogP contribution in [-0.4, -0.2) is 42.9 Å². The number of hydrazone groups is 1. The number of nitrogens with zero attached hydrogens (tertiary/aromatic N) is 2. The van der Waals surface area contributed by atoms with Gasteiger partial charge in [0.1, 0.15) is 16.9 Å². The molecule has 0 radical (unpaired) electrons. The molecule has 34 heavy (non-hydrogen) atoms. The molecule has 174 valence electrons. The van der Waals surface area contributed by atoms with Gasteiger partial charge in [-0.25, -0.2) is 5.43 Å². The summed E-state index contributed by atoms with van der Waals surface area (Å²) in [7, 11) is 3.14. The lowest BCUT2D eigenvalue weighted by Gasteiger charge is -2.24. The molecule has 1 fully saturated rings. The number of methoxy groups -OCH3 is 2. The lowest BCUT2D eigenvalue weighted by Crippen LogP contribution is -2.27. The maximum Gasteiger partial charge on any atom is 0.271 e. The molecule has 0 saturated carbocycles. The second-order valence-electron chi connectivity index (χ2n) is 7.60. The molecular weight excluding hydrogens is 450 g/mol. The van der Waals surface area contributed by atoms with Crippen LogP contribution in [0.4, 0.5) is 0 Å². The van der Waals surface area contributed by atoms with Gasteiger partial charge in [0.05, 0.1) is 26.2 Å². The second kappa shape index (κ2) is 10.9. The summed E-state index contributed by atoms with van der Waals surface area (Å²) in [6, 6.07) is 22.5. The molecule has 1 atom stereocenters. The van der Waals surface area contributed by atoms with Crippen LogP contribution in [0.2, 0.25) is 0 Å². The Hall–Kier alpha value is -3.78. The summed E-state index contributed by atoms with van der Waals surface area (Å²) in [4.78, 5) is 26.9. The van der Waals surface area contributed by atoms with Crippen molar-refractivity contribution >= 4 is 29.8 Å². The molecule has 1 heterocycles. The first-order chi connectivity index (χ1) is 16.6. The van der Waals surface area contributed by atoms with Crippen LogP contribution >= 0.6 is 11.8 Å². The molecular formula is C26H25N3O4S. The van der Waals surface area contributed by atoms with E-state index >= 15 is 0 Å². The van der Waals surface area contributed by atoms with E-state index in [9.17, 15) is 9.59 Å². The highest BCUT2D eigenvalue weighted by Crippen LogP contribution is 2.39. The Morgan fingerprint density at radius 2 is 1.85 bits per heavy atom. The first-order valence-corrected chi connectivity index (χ1v) is 11.7. The van der Waals surface area contributed by atoms with Crippen molar-refractivity contribution in [2.75, 3.05) is 20.0 Å². The first-order valence-electron chi connectivity index (χ1n) is 10.7. The predicted molar refractivity (Wildman–Crippen MR) is 133 cm³/mol. The van der Waals surface area contributed by atoms with Gasteiger partial charge in [-0.1, -0.05) is 42.5 Å². The monoisotopic (exact) mass is 475 g/mol. The van der Waals surface area contributed by atoms with Crippen LogP contribution in [0.15, 0.2) is 77.9 Å². The minimum atomic E-state index is -0.332. The minimum Gasteiger partial charge on any atom is -0.497 e. The van der Waals surface area contributed by atoms with Crippen molar-refractivity contribution in [1.29, 1.82) is 0 Å².